The summed E-state index contributed by atoms with van der Waals surface area (Å²) in [5.41, 5.74) is 2.16. The van der Waals surface area contributed by atoms with E-state index in [2.05, 4.69) is 5.32 Å². The maximum Gasteiger partial charge on any atom is 0.316 e. The first-order valence-electron chi connectivity index (χ1n) is 4.71. The molecular weight excluding hydrogens is 265 g/mol. The van der Waals surface area contributed by atoms with Gasteiger partial charge in [0.15, 0.2) is 5.78 Å². The van der Waals surface area contributed by atoms with Crippen molar-refractivity contribution in [1.82, 2.24) is 0 Å². The average molecular weight is 278 g/mol. The predicted molar refractivity (Wildman–Crippen MR) is 69.6 cm³/mol. The smallest absolute Gasteiger partial charge is 0.316 e. The van der Waals surface area contributed by atoms with Gasteiger partial charge in [-0.15, -0.1) is 24.8 Å². The van der Waals surface area contributed by atoms with Gasteiger partial charge in [-0.25, -0.2) is 0 Å². The number of benzene rings is 1. The van der Waals surface area contributed by atoms with E-state index >= 15 is 0 Å². The molecule has 0 bridgehead atoms. The number of ketones is 1. The molecule has 0 amide bonds. The Kier molecular flexibility index (Phi) is 5.45. The summed E-state index contributed by atoms with van der Waals surface area (Å²) in [4.78, 5) is 22.6. The van der Waals surface area contributed by atoms with Crippen molar-refractivity contribution in [3.05, 3.63) is 29.3 Å². The Balaban J connectivity index is 0.00000128. The molecule has 1 aromatic rings. The molecule has 2 rings (SSSR count). The number of fused-ring (bicyclic) bond motifs is 1. The van der Waals surface area contributed by atoms with Crippen molar-refractivity contribution in [2.45, 2.75) is 6.92 Å². The third-order valence-corrected chi connectivity index (χ3v) is 2.55. The minimum Gasteiger partial charge on any atom is -0.481 e. The number of nitrogens with one attached hydrogen (secondary N) is 1. The van der Waals surface area contributed by atoms with Crippen molar-refractivity contribution < 1.29 is 14.7 Å². The monoisotopic (exact) mass is 277 g/mol. The van der Waals surface area contributed by atoms with E-state index in [9.17, 15) is 9.59 Å². The second kappa shape index (κ2) is 5.89. The zero-order valence-corrected chi connectivity index (χ0v) is 10.7. The lowest BCUT2D eigenvalue weighted by Gasteiger charge is -2.22. The fourth-order valence-electron chi connectivity index (χ4n) is 1.71. The van der Waals surface area contributed by atoms with E-state index in [1.165, 1.54) is 0 Å². The van der Waals surface area contributed by atoms with Crippen LogP contribution in [0, 0.1) is 12.8 Å². The van der Waals surface area contributed by atoms with Crippen LogP contribution in [0.4, 0.5) is 5.69 Å². The highest BCUT2D eigenvalue weighted by Crippen LogP contribution is 2.25. The molecule has 0 spiro atoms. The molecule has 1 aliphatic heterocycles. The predicted octanol–water partition coefficient (Wildman–Crippen LogP) is 2.15. The van der Waals surface area contributed by atoms with Crippen molar-refractivity contribution in [3.8, 4) is 0 Å². The largest absolute Gasteiger partial charge is 0.481 e. The van der Waals surface area contributed by atoms with E-state index in [4.69, 9.17) is 5.11 Å². The summed E-state index contributed by atoms with van der Waals surface area (Å²) in [6.45, 7) is 2.04. The number of carbonyl (C=O) groups excluding carboxylic acids is 1. The van der Waals surface area contributed by atoms with Crippen molar-refractivity contribution >= 4 is 42.3 Å². The third-order valence-electron chi connectivity index (χ3n) is 2.55. The number of carboxylic acid groups (broad SMARTS) is 1. The summed E-state index contributed by atoms with van der Waals surface area (Å²) in [5, 5.41) is 11.8. The zero-order chi connectivity index (χ0) is 11.0. The normalized spacial score (nSPS) is 17.0. The van der Waals surface area contributed by atoms with Gasteiger partial charge in [-0.1, -0.05) is 11.6 Å². The van der Waals surface area contributed by atoms with Gasteiger partial charge in [0.25, 0.3) is 0 Å². The Morgan fingerprint density at radius 2 is 2.06 bits per heavy atom. The van der Waals surface area contributed by atoms with Gasteiger partial charge in [-0.3, -0.25) is 9.59 Å². The molecule has 6 heteroatoms. The zero-order valence-electron chi connectivity index (χ0n) is 9.10. The summed E-state index contributed by atoms with van der Waals surface area (Å²) in [6, 6.07) is 5.42. The number of carbonyl (C=O) groups is 2. The van der Waals surface area contributed by atoms with Gasteiger partial charge in [0.1, 0.15) is 5.92 Å². The molecule has 0 saturated heterocycles. The topological polar surface area (TPSA) is 66.4 Å². The molecule has 0 radical (unpaired) electrons. The Morgan fingerprint density at radius 1 is 1.41 bits per heavy atom. The lowest BCUT2D eigenvalue weighted by Crippen LogP contribution is -2.35. The molecule has 1 heterocycles. The SMILES string of the molecule is Cc1ccc2c(c1)C(=O)C(C(=O)O)CN2.Cl.Cl. The molecule has 4 nitrogen and oxygen atoms in total. The lowest BCUT2D eigenvalue weighted by molar-refractivity contribution is -0.139. The number of rotatable bonds is 1. The van der Waals surface area contributed by atoms with Crippen molar-refractivity contribution in [1.29, 1.82) is 0 Å². The standard InChI is InChI=1S/C11H11NO3.2ClH/c1-6-2-3-9-7(4-6)10(13)8(5-12-9)11(14)15;;/h2-4,8,12H,5H2,1H3,(H,14,15);2*1H. The van der Waals surface area contributed by atoms with Gasteiger partial charge in [-0.2, -0.15) is 0 Å². The van der Waals surface area contributed by atoms with Gasteiger partial charge < -0.3 is 10.4 Å². The van der Waals surface area contributed by atoms with Crippen LogP contribution >= 0.6 is 24.8 Å². The van der Waals surface area contributed by atoms with E-state index in [1.54, 1.807) is 12.1 Å². The highest BCUT2D eigenvalue weighted by Gasteiger charge is 2.32. The summed E-state index contributed by atoms with van der Waals surface area (Å²) in [7, 11) is 0. The molecule has 0 saturated carbocycles. The van der Waals surface area contributed by atoms with Crippen molar-refractivity contribution in [2.75, 3.05) is 11.9 Å². The van der Waals surface area contributed by atoms with Crippen LogP contribution in [0.25, 0.3) is 0 Å². The van der Waals surface area contributed by atoms with E-state index in [1.807, 2.05) is 13.0 Å². The van der Waals surface area contributed by atoms with E-state index in [0.717, 1.165) is 11.3 Å². The average Bonchev–Trinajstić information content (AvgIpc) is 2.19. The van der Waals surface area contributed by atoms with Gasteiger partial charge in [0.2, 0.25) is 0 Å². The number of carboxylic acids is 1. The lowest BCUT2D eigenvalue weighted by atomic mass is 9.91. The highest BCUT2D eigenvalue weighted by atomic mass is 35.5. The summed E-state index contributed by atoms with van der Waals surface area (Å²) >= 11 is 0. The van der Waals surface area contributed by atoms with Crippen LogP contribution in [-0.4, -0.2) is 23.4 Å². The first kappa shape index (κ1) is 15.7. The minimum atomic E-state index is -1.07. The molecule has 1 aromatic carbocycles. The highest BCUT2D eigenvalue weighted by molar-refractivity contribution is 6.13. The Hall–Kier alpha value is -1.26. The quantitative estimate of drug-likeness (QED) is 0.772. The van der Waals surface area contributed by atoms with Crippen LogP contribution in [-0.2, 0) is 4.79 Å². The fraction of sp³-hybridized carbons (Fsp3) is 0.273. The number of hydrogen-bond donors (Lipinski definition) is 2. The molecule has 0 aliphatic carbocycles. The minimum absolute atomic E-state index is 0. The van der Waals surface area contributed by atoms with E-state index in [0.29, 0.717) is 5.56 Å². The summed E-state index contributed by atoms with van der Waals surface area (Å²) in [5.74, 6) is -2.33. The van der Waals surface area contributed by atoms with Crippen molar-refractivity contribution in [2.24, 2.45) is 5.92 Å². The van der Waals surface area contributed by atoms with Crippen LogP contribution < -0.4 is 5.32 Å². The van der Waals surface area contributed by atoms with Gasteiger partial charge in [0, 0.05) is 17.8 Å². The fourth-order valence-corrected chi connectivity index (χ4v) is 1.71. The molecule has 0 fully saturated rings. The number of aryl methyl sites for hydroxylation is 1. The number of Topliss-reactive ketones (excluding diaryl/α,β-unsaturated/α-hetero) is 1. The molecular formula is C11H13Cl2NO3. The van der Waals surface area contributed by atoms with Gasteiger partial charge >= 0.3 is 5.97 Å². The first-order valence-corrected chi connectivity index (χ1v) is 4.71. The molecule has 17 heavy (non-hydrogen) atoms. The molecule has 1 atom stereocenters. The second-order valence-electron chi connectivity index (χ2n) is 3.69. The van der Waals surface area contributed by atoms with Crippen LogP contribution in [0.5, 0.6) is 0 Å². The number of halogens is 2. The second-order valence-corrected chi connectivity index (χ2v) is 3.69. The van der Waals surface area contributed by atoms with E-state index < -0.39 is 11.9 Å². The maximum atomic E-state index is 11.8. The van der Waals surface area contributed by atoms with Crippen LogP contribution in [0.3, 0.4) is 0 Å². The summed E-state index contributed by atoms with van der Waals surface area (Å²) < 4.78 is 0. The number of aliphatic carboxylic acids is 1. The third kappa shape index (κ3) is 2.90. The van der Waals surface area contributed by atoms with Crippen LogP contribution in [0.15, 0.2) is 18.2 Å². The molecule has 1 aliphatic rings. The van der Waals surface area contributed by atoms with Crippen LogP contribution in [0.2, 0.25) is 0 Å². The molecule has 2 N–H and O–H groups in total. The van der Waals surface area contributed by atoms with E-state index in [-0.39, 0.29) is 37.1 Å². The van der Waals surface area contributed by atoms with Crippen LogP contribution in [0.1, 0.15) is 15.9 Å². The molecule has 0 aromatic heterocycles. The van der Waals surface area contributed by atoms with Gasteiger partial charge in [-0.05, 0) is 19.1 Å². The number of anilines is 1. The Morgan fingerprint density at radius 3 is 2.65 bits per heavy atom. The van der Waals surface area contributed by atoms with Crippen molar-refractivity contribution in [3.63, 3.8) is 0 Å². The Labute approximate surface area is 111 Å². The first-order chi connectivity index (χ1) is 7.09. The molecule has 94 valence electrons. The van der Waals surface area contributed by atoms with Gasteiger partial charge in [0.05, 0.1) is 0 Å². The maximum absolute atomic E-state index is 11.8. The summed E-state index contributed by atoms with van der Waals surface area (Å²) in [6.07, 6.45) is 0. The number of hydrogen-bond acceptors (Lipinski definition) is 3. The molecule has 1 unspecified atom stereocenters. The Bertz CT molecular complexity index is 448.